The number of rotatable bonds is 4. The van der Waals surface area contributed by atoms with E-state index in [-0.39, 0.29) is 5.91 Å². The summed E-state index contributed by atoms with van der Waals surface area (Å²) < 4.78 is 2.54. The van der Waals surface area contributed by atoms with Crippen molar-refractivity contribution < 1.29 is 4.79 Å². The lowest BCUT2D eigenvalue weighted by Gasteiger charge is -2.11. The molecule has 0 heterocycles. The zero-order valence-corrected chi connectivity index (χ0v) is 16.0. The molecule has 2 rings (SSSR count). The maximum absolute atomic E-state index is 12.3. The number of halogens is 3. The topological polar surface area (TPSA) is 41.1 Å². The Labute approximate surface area is 148 Å². The monoisotopic (exact) mass is 474 g/mol. The maximum Gasteiger partial charge on any atom is 0.255 e. The van der Waals surface area contributed by atoms with Crippen molar-refractivity contribution in [2.45, 2.75) is 6.92 Å². The molecule has 3 nitrogen and oxygen atoms in total. The van der Waals surface area contributed by atoms with E-state index in [1.165, 1.54) is 0 Å². The van der Waals surface area contributed by atoms with Gasteiger partial charge in [0.05, 0.1) is 5.69 Å². The molecular formula is C15H13Br3N2O. The SMILES string of the molecule is CCNc1ccc(C(=O)Nc2c(Br)cc(Br)cc2Br)cc1. The van der Waals surface area contributed by atoms with E-state index in [1.807, 2.05) is 31.2 Å². The highest BCUT2D eigenvalue weighted by Gasteiger charge is 2.12. The average molecular weight is 477 g/mol. The molecule has 0 aliphatic rings. The van der Waals surface area contributed by atoms with Crippen LogP contribution in [-0.4, -0.2) is 12.5 Å². The number of benzene rings is 2. The van der Waals surface area contributed by atoms with E-state index in [0.717, 1.165) is 25.7 Å². The van der Waals surface area contributed by atoms with E-state index in [1.54, 1.807) is 12.1 Å². The highest BCUT2D eigenvalue weighted by Crippen LogP contribution is 2.34. The Bertz CT molecular complexity index is 633. The van der Waals surface area contributed by atoms with Gasteiger partial charge in [-0.15, -0.1) is 0 Å². The number of nitrogens with one attached hydrogen (secondary N) is 2. The lowest BCUT2D eigenvalue weighted by molar-refractivity contribution is 0.102. The zero-order chi connectivity index (χ0) is 15.4. The van der Waals surface area contributed by atoms with Crippen molar-refractivity contribution in [1.29, 1.82) is 0 Å². The van der Waals surface area contributed by atoms with Gasteiger partial charge in [-0.3, -0.25) is 4.79 Å². The molecule has 2 N–H and O–H groups in total. The van der Waals surface area contributed by atoms with Gasteiger partial charge in [-0.05, 0) is 75.2 Å². The molecule has 0 atom stereocenters. The Hall–Kier alpha value is -0.850. The lowest BCUT2D eigenvalue weighted by atomic mass is 10.2. The molecule has 0 unspecified atom stereocenters. The second kappa shape index (κ2) is 7.42. The van der Waals surface area contributed by atoms with Crippen LogP contribution >= 0.6 is 47.8 Å². The van der Waals surface area contributed by atoms with Crippen LogP contribution in [0.4, 0.5) is 11.4 Å². The number of amides is 1. The molecule has 110 valence electrons. The normalized spacial score (nSPS) is 10.3. The third-order valence-electron chi connectivity index (χ3n) is 2.77. The Morgan fingerprint density at radius 2 is 1.62 bits per heavy atom. The van der Waals surface area contributed by atoms with Crippen molar-refractivity contribution in [2.75, 3.05) is 17.2 Å². The van der Waals surface area contributed by atoms with Gasteiger partial charge in [-0.1, -0.05) is 15.9 Å². The van der Waals surface area contributed by atoms with Crippen LogP contribution in [0.3, 0.4) is 0 Å². The standard InChI is InChI=1S/C15H13Br3N2O/c1-2-19-11-5-3-9(4-6-11)15(21)20-14-12(17)7-10(16)8-13(14)18/h3-8,19H,2H2,1H3,(H,20,21). The molecule has 0 radical (unpaired) electrons. The van der Waals surface area contributed by atoms with Crippen molar-refractivity contribution in [2.24, 2.45) is 0 Å². The van der Waals surface area contributed by atoms with Gasteiger partial charge in [-0.25, -0.2) is 0 Å². The average Bonchev–Trinajstić information content (AvgIpc) is 2.43. The summed E-state index contributed by atoms with van der Waals surface area (Å²) in [6, 6.07) is 11.2. The number of carbonyl (C=O) groups excluding carboxylic acids is 1. The van der Waals surface area contributed by atoms with E-state index in [4.69, 9.17) is 0 Å². The van der Waals surface area contributed by atoms with E-state index in [9.17, 15) is 4.79 Å². The molecule has 0 bridgehead atoms. The first-order chi connectivity index (χ1) is 10.0. The lowest BCUT2D eigenvalue weighted by Crippen LogP contribution is -2.12. The van der Waals surface area contributed by atoms with Gasteiger partial charge in [0.2, 0.25) is 0 Å². The van der Waals surface area contributed by atoms with Crippen LogP contribution in [0.25, 0.3) is 0 Å². The molecule has 0 aromatic heterocycles. The Balaban J connectivity index is 2.18. The first kappa shape index (κ1) is 16.5. The van der Waals surface area contributed by atoms with Crippen LogP contribution in [-0.2, 0) is 0 Å². The summed E-state index contributed by atoms with van der Waals surface area (Å²) in [5, 5.41) is 6.10. The Kier molecular flexibility index (Phi) is 5.84. The molecule has 0 spiro atoms. The summed E-state index contributed by atoms with van der Waals surface area (Å²) in [6.07, 6.45) is 0. The van der Waals surface area contributed by atoms with E-state index in [0.29, 0.717) is 11.3 Å². The summed E-state index contributed by atoms with van der Waals surface area (Å²) in [7, 11) is 0. The zero-order valence-electron chi connectivity index (χ0n) is 11.2. The number of hydrogen-bond donors (Lipinski definition) is 2. The molecular weight excluding hydrogens is 464 g/mol. The number of hydrogen-bond acceptors (Lipinski definition) is 2. The van der Waals surface area contributed by atoms with Crippen molar-refractivity contribution >= 4 is 65.1 Å². The fourth-order valence-corrected chi connectivity index (χ4v) is 4.25. The van der Waals surface area contributed by atoms with Gasteiger partial charge in [0, 0.05) is 31.2 Å². The molecule has 0 fully saturated rings. The van der Waals surface area contributed by atoms with E-state index in [2.05, 4.69) is 58.4 Å². The largest absolute Gasteiger partial charge is 0.385 e. The first-order valence-corrected chi connectivity index (χ1v) is 8.69. The second-order valence-corrected chi connectivity index (χ2v) is 6.93. The van der Waals surface area contributed by atoms with Gasteiger partial charge in [-0.2, -0.15) is 0 Å². The molecule has 6 heteroatoms. The second-order valence-electron chi connectivity index (χ2n) is 4.31. The summed E-state index contributed by atoms with van der Waals surface area (Å²) in [4.78, 5) is 12.3. The van der Waals surface area contributed by atoms with Crippen molar-refractivity contribution in [3.8, 4) is 0 Å². The van der Waals surface area contributed by atoms with Gasteiger partial charge in [0.25, 0.3) is 5.91 Å². The van der Waals surface area contributed by atoms with Crippen LogP contribution in [0.5, 0.6) is 0 Å². The van der Waals surface area contributed by atoms with Crippen molar-refractivity contribution in [1.82, 2.24) is 0 Å². The Morgan fingerprint density at radius 3 is 2.14 bits per heavy atom. The van der Waals surface area contributed by atoms with Crippen LogP contribution in [0.2, 0.25) is 0 Å². The predicted molar refractivity (Wildman–Crippen MR) is 98.1 cm³/mol. The number of carbonyl (C=O) groups is 1. The molecule has 0 aliphatic carbocycles. The predicted octanol–water partition coefficient (Wildman–Crippen LogP) is 5.66. The first-order valence-electron chi connectivity index (χ1n) is 6.31. The van der Waals surface area contributed by atoms with E-state index >= 15 is 0 Å². The molecule has 0 aliphatic heterocycles. The Morgan fingerprint density at radius 1 is 1.05 bits per heavy atom. The maximum atomic E-state index is 12.3. The van der Waals surface area contributed by atoms with Crippen LogP contribution in [0.1, 0.15) is 17.3 Å². The van der Waals surface area contributed by atoms with Gasteiger partial charge < -0.3 is 10.6 Å². The molecule has 1 amide bonds. The van der Waals surface area contributed by atoms with E-state index < -0.39 is 0 Å². The van der Waals surface area contributed by atoms with Gasteiger partial charge in [0.1, 0.15) is 0 Å². The van der Waals surface area contributed by atoms with Crippen LogP contribution < -0.4 is 10.6 Å². The molecule has 2 aromatic carbocycles. The molecule has 0 saturated heterocycles. The minimum absolute atomic E-state index is 0.151. The minimum Gasteiger partial charge on any atom is -0.385 e. The van der Waals surface area contributed by atoms with Crippen LogP contribution in [0, 0.1) is 0 Å². The fourth-order valence-electron chi connectivity index (χ4n) is 1.79. The summed E-state index contributed by atoms with van der Waals surface area (Å²) >= 11 is 10.3. The highest BCUT2D eigenvalue weighted by molar-refractivity contribution is 9.11. The van der Waals surface area contributed by atoms with Crippen molar-refractivity contribution in [3.63, 3.8) is 0 Å². The molecule has 2 aromatic rings. The van der Waals surface area contributed by atoms with Gasteiger partial charge in [0.15, 0.2) is 0 Å². The molecule has 21 heavy (non-hydrogen) atoms. The summed E-state index contributed by atoms with van der Waals surface area (Å²) in [5.74, 6) is -0.151. The van der Waals surface area contributed by atoms with Gasteiger partial charge >= 0.3 is 0 Å². The summed E-state index contributed by atoms with van der Waals surface area (Å²) in [6.45, 7) is 2.88. The minimum atomic E-state index is -0.151. The summed E-state index contributed by atoms with van der Waals surface area (Å²) in [5.41, 5.74) is 2.32. The van der Waals surface area contributed by atoms with Crippen LogP contribution in [0.15, 0.2) is 49.8 Å². The van der Waals surface area contributed by atoms with Crippen molar-refractivity contribution in [3.05, 3.63) is 55.4 Å². The molecule has 0 saturated carbocycles. The third kappa shape index (κ3) is 4.31. The fraction of sp³-hybridized carbons (Fsp3) is 0.133. The third-order valence-corrected chi connectivity index (χ3v) is 4.48. The number of anilines is 2. The smallest absolute Gasteiger partial charge is 0.255 e. The quantitative estimate of drug-likeness (QED) is 0.598. The highest BCUT2D eigenvalue weighted by atomic mass is 79.9.